The van der Waals surface area contributed by atoms with Crippen LogP contribution in [0.3, 0.4) is 0 Å². The van der Waals surface area contributed by atoms with Crippen LogP contribution in [0, 0.1) is 0 Å². The summed E-state index contributed by atoms with van der Waals surface area (Å²) in [6, 6.07) is 13.1. The van der Waals surface area contributed by atoms with Gasteiger partial charge in [0.25, 0.3) is 0 Å². The maximum Gasteiger partial charge on any atom is 0.416 e. The van der Waals surface area contributed by atoms with Crippen molar-refractivity contribution in [3.63, 3.8) is 0 Å². The van der Waals surface area contributed by atoms with E-state index < -0.39 is 11.7 Å². The predicted molar refractivity (Wildman–Crippen MR) is 73.7 cm³/mol. The van der Waals surface area contributed by atoms with Gasteiger partial charge in [-0.25, -0.2) is 0 Å². The molecule has 1 aromatic rings. The minimum Gasteiger partial charge on any atom is -0.316 e. The Balaban J connectivity index is 2.13. The van der Waals surface area contributed by atoms with Crippen molar-refractivity contribution >= 4 is 0 Å². The number of benzene rings is 2. The summed E-state index contributed by atoms with van der Waals surface area (Å²) in [7, 11) is 0. The number of halogens is 3. The zero-order valence-corrected chi connectivity index (χ0v) is 10.8. The normalized spacial score (nSPS) is 11.8. The lowest BCUT2D eigenvalue weighted by Crippen LogP contribution is -2.10. The monoisotopic (exact) mass is 289 g/mol. The molecule has 0 aromatic heterocycles. The summed E-state index contributed by atoms with van der Waals surface area (Å²) in [6.07, 6.45) is -2.64. The Morgan fingerprint density at radius 3 is 2.24 bits per heavy atom. The van der Waals surface area contributed by atoms with Crippen LogP contribution in [0.1, 0.15) is 5.56 Å². The molecular weight excluding hydrogens is 279 g/mol. The van der Waals surface area contributed by atoms with E-state index in [1.54, 1.807) is 35.0 Å². The number of fused-ring (bicyclic) bond motifs is 1. The summed E-state index contributed by atoms with van der Waals surface area (Å²) in [5.41, 5.74) is 0.939. The number of aromatic nitrogens is 1. The topological polar surface area (TPSA) is 22.0 Å². The largest absolute Gasteiger partial charge is 0.416 e. The van der Waals surface area contributed by atoms with Crippen LogP contribution >= 0.6 is 0 Å². The molecule has 0 amide bonds. The second kappa shape index (κ2) is 4.77. The summed E-state index contributed by atoms with van der Waals surface area (Å²) < 4.78 is 39.4. The fourth-order valence-corrected chi connectivity index (χ4v) is 2.25. The van der Waals surface area contributed by atoms with E-state index in [-0.39, 0.29) is 5.43 Å². The first-order valence-corrected chi connectivity index (χ1v) is 6.25. The molecule has 0 unspecified atom stereocenters. The molecule has 2 nitrogen and oxygen atoms in total. The molecule has 0 saturated heterocycles. The van der Waals surface area contributed by atoms with Crippen LogP contribution in [0.15, 0.2) is 65.6 Å². The molecule has 0 atom stereocenters. The molecular formula is C16H10F3NO. The predicted octanol–water partition coefficient (Wildman–Crippen LogP) is 3.96. The molecule has 106 valence electrons. The van der Waals surface area contributed by atoms with E-state index in [0.29, 0.717) is 16.9 Å². The lowest BCUT2D eigenvalue weighted by Gasteiger charge is -2.15. The van der Waals surface area contributed by atoms with Crippen molar-refractivity contribution in [2.75, 3.05) is 0 Å². The molecule has 0 saturated carbocycles. The molecule has 0 N–H and O–H groups in total. The molecule has 3 rings (SSSR count). The van der Waals surface area contributed by atoms with Crippen molar-refractivity contribution in [1.82, 2.24) is 4.57 Å². The van der Waals surface area contributed by atoms with Crippen molar-refractivity contribution in [3.8, 4) is 16.9 Å². The van der Waals surface area contributed by atoms with E-state index >= 15 is 0 Å². The highest BCUT2D eigenvalue weighted by Crippen LogP contribution is 2.30. The Labute approximate surface area is 118 Å². The van der Waals surface area contributed by atoms with Gasteiger partial charge in [-0.15, -0.1) is 0 Å². The molecule has 2 aliphatic rings. The van der Waals surface area contributed by atoms with Crippen molar-refractivity contribution in [3.05, 3.63) is 76.6 Å². The minimum absolute atomic E-state index is 0.117. The van der Waals surface area contributed by atoms with E-state index in [1.165, 1.54) is 18.2 Å². The van der Waals surface area contributed by atoms with E-state index in [0.717, 1.165) is 12.1 Å². The number of rotatable bonds is 1. The van der Waals surface area contributed by atoms with E-state index in [1.807, 2.05) is 0 Å². The summed E-state index contributed by atoms with van der Waals surface area (Å²) in [6.45, 7) is 0. The fourth-order valence-electron chi connectivity index (χ4n) is 2.25. The van der Waals surface area contributed by atoms with Gasteiger partial charge in [-0.3, -0.25) is 4.79 Å². The van der Waals surface area contributed by atoms with Crippen LogP contribution in [0.2, 0.25) is 0 Å². The summed E-state index contributed by atoms with van der Waals surface area (Å²) in [4.78, 5) is 11.8. The highest BCUT2D eigenvalue weighted by molar-refractivity contribution is 5.63. The molecule has 0 bridgehead atoms. The summed E-state index contributed by atoms with van der Waals surface area (Å²) in [5, 5.41) is 0. The average molecular weight is 289 g/mol. The lowest BCUT2D eigenvalue weighted by molar-refractivity contribution is -0.137. The highest BCUT2D eigenvalue weighted by Gasteiger charge is 2.30. The van der Waals surface area contributed by atoms with Gasteiger partial charge in [0, 0.05) is 17.4 Å². The Morgan fingerprint density at radius 1 is 0.857 bits per heavy atom. The van der Waals surface area contributed by atoms with Crippen LogP contribution in [-0.4, -0.2) is 4.57 Å². The van der Waals surface area contributed by atoms with Gasteiger partial charge in [0.05, 0.1) is 11.3 Å². The molecule has 1 heterocycles. The highest BCUT2D eigenvalue weighted by atomic mass is 19.4. The Bertz CT molecular complexity index is 803. The SMILES string of the molecule is O=c1cccc2n(-c3ccc(C(F)(F)F)cc3)cccc1-2. The Kier molecular flexibility index (Phi) is 3.05. The summed E-state index contributed by atoms with van der Waals surface area (Å²) in [5.74, 6) is 0. The third-order valence-corrected chi connectivity index (χ3v) is 3.27. The van der Waals surface area contributed by atoms with E-state index in [9.17, 15) is 18.0 Å². The molecule has 1 aliphatic carbocycles. The van der Waals surface area contributed by atoms with Crippen molar-refractivity contribution < 1.29 is 13.2 Å². The molecule has 1 aromatic carbocycles. The number of hydrogen-bond donors (Lipinski definition) is 0. The first-order valence-electron chi connectivity index (χ1n) is 6.25. The average Bonchev–Trinajstić information content (AvgIpc) is 2.46. The zero-order valence-electron chi connectivity index (χ0n) is 10.8. The molecule has 1 aliphatic heterocycles. The standard InChI is InChI=1S/C16H10F3NO/c17-16(18,19)11-6-8-12(9-7-11)20-10-2-3-13-14(20)4-1-5-15(13)21/h1-10H. The van der Waals surface area contributed by atoms with Crippen LogP contribution in [-0.2, 0) is 6.18 Å². The third kappa shape index (κ3) is 2.42. The van der Waals surface area contributed by atoms with Crippen LogP contribution < -0.4 is 5.43 Å². The van der Waals surface area contributed by atoms with Crippen molar-refractivity contribution in [2.24, 2.45) is 0 Å². The second-order valence-corrected chi connectivity index (χ2v) is 4.61. The van der Waals surface area contributed by atoms with Gasteiger partial charge < -0.3 is 4.57 Å². The molecule has 21 heavy (non-hydrogen) atoms. The van der Waals surface area contributed by atoms with E-state index in [2.05, 4.69) is 0 Å². The van der Waals surface area contributed by atoms with Gasteiger partial charge in [-0.2, -0.15) is 13.2 Å². The smallest absolute Gasteiger partial charge is 0.316 e. The lowest BCUT2D eigenvalue weighted by atomic mass is 10.1. The maximum absolute atomic E-state index is 12.6. The van der Waals surface area contributed by atoms with Crippen LogP contribution in [0.25, 0.3) is 16.9 Å². The van der Waals surface area contributed by atoms with E-state index in [4.69, 9.17) is 0 Å². The first-order chi connectivity index (χ1) is 9.97. The number of hydrogen-bond acceptors (Lipinski definition) is 1. The number of alkyl halides is 3. The Hall–Kier alpha value is -2.56. The number of pyridine rings is 1. The molecule has 0 fully saturated rings. The van der Waals surface area contributed by atoms with Gasteiger partial charge >= 0.3 is 6.18 Å². The van der Waals surface area contributed by atoms with Gasteiger partial charge in [0.15, 0.2) is 5.43 Å². The minimum atomic E-state index is -4.36. The van der Waals surface area contributed by atoms with Gasteiger partial charge in [-0.1, -0.05) is 6.07 Å². The van der Waals surface area contributed by atoms with Crippen LogP contribution in [0.5, 0.6) is 0 Å². The molecule has 5 heteroatoms. The first kappa shape index (κ1) is 13.4. The fraction of sp³-hybridized carbons (Fsp3) is 0.0625. The Morgan fingerprint density at radius 2 is 1.57 bits per heavy atom. The quantitative estimate of drug-likeness (QED) is 0.664. The second-order valence-electron chi connectivity index (χ2n) is 4.61. The zero-order chi connectivity index (χ0) is 15.0. The molecule has 0 spiro atoms. The van der Waals surface area contributed by atoms with Crippen LogP contribution in [0.4, 0.5) is 13.2 Å². The number of nitrogens with zero attached hydrogens (tertiary/aromatic N) is 1. The van der Waals surface area contributed by atoms with Crippen molar-refractivity contribution in [1.29, 1.82) is 0 Å². The summed E-state index contributed by atoms with van der Waals surface area (Å²) >= 11 is 0. The van der Waals surface area contributed by atoms with Gasteiger partial charge in [-0.05, 0) is 48.5 Å². The third-order valence-electron chi connectivity index (χ3n) is 3.27. The molecule has 0 radical (unpaired) electrons. The van der Waals surface area contributed by atoms with Gasteiger partial charge in [0.2, 0.25) is 0 Å². The maximum atomic E-state index is 12.6. The van der Waals surface area contributed by atoms with Crippen molar-refractivity contribution in [2.45, 2.75) is 6.18 Å². The van der Waals surface area contributed by atoms with Gasteiger partial charge in [0.1, 0.15) is 0 Å².